The molecule has 0 radical (unpaired) electrons. The van der Waals surface area contributed by atoms with Gasteiger partial charge in [0.2, 0.25) is 5.91 Å². The van der Waals surface area contributed by atoms with E-state index >= 15 is 0 Å². The van der Waals surface area contributed by atoms with Crippen LogP contribution in [0.4, 0.5) is 20.2 Å². The summed E-state index contributed by atoms with van der Waals surface area (Å²) in [7, 11) is 3.75. The fourth-order valence-electron chi connectivity index (χ4n) is 2.13. The zero-order valence-corrected chi connectivity index (χ0v) is 13.4. The average Bonchev–Trinajstić information content (AvgIpc) is 2.54. The molecule has 0 unspecified atom stereocenters. The first-order valence-electron chi connectivity index (χ1n) is 7.26. The summed E-state index contributed by atoms with van der Waals surface area (Å²) in [6.07, 6.45) is 2.71. The van der Waals surface area contributed by atoms with Crippen LogP contribution in [0, 0.1) is 0 Å². The second-order valence-corrected chi connectivity index (χ2v) is 5.15. The zero-order chi connectivity index (χ0) is 17.5. The van der Waals surface area contributed by atoms with E-state index in [1.807, 2.05) is 37.2 Å². The number of nitrogens with one attached hydrogen (secondary N) is 1. The molecule has 6 heteroatoms. The van der Waals surface area contributed by atoms with Crippen molar-refractivity contribution in [2.75, 3.05) is 24.3 Å². The third-order valence-electron chi connectivity index (χ3n) is 3.19. The molecule has 1 N–H and O–H groups in total. The Kier molecular flexibility index (Phi) is 5.89. The van der Waals surface area contributed by atoms with Gasteiger partial charge >= 0.3 is 6.61 Å². The van der Waals surface area contributed by atoms with Gasteiger partial charge in [-0.05, 0) is 24.3 Å². The quantitative estimate of drug-likeness (QED) is 0.813. The third kappa shape index (κ3) is 4.81. The Hall–Kier alpha value is -2.89. The van der Waals surface area contributed by atoms with Gasteiger partial charge in [0, 0.05) is 25.7 Å². The van der Waals surface area contributed by atoms with Crippen molar-refractivity contribution in [1.82, 2.24) is 0 Å². The SMILES string of the molecule is CN(C)c1ccccc1NC(=O)/C=C/c1ccccc1OC(F)F. The van der Waals surface area contributed by atoms with Gasteiger partial charge in [0.1, 0.15) is 5.75 Å². The molecular formula is C18H18F2N2O2. The minimum atomic E-state index is -2.92. The predicted octanol–water partition coefficient (Wildman–Crippen LogP) is 4.01. The van der Waals surface area contributed by atoms with E-state index in [4.69, 9.17) is 0 Å². The summed E-state index contributed by atoms with van der Waals surface area (Å²) in [5.41, 5.74) is 1.92. The first-order chi connectivity index (χ1) is 11.5. The molecule has 0 aliphatic carbocycles. The van der Waals surface area contributed by atoms with Gasteiger partial charge in [-0.15, -0.1) is 0 Å². The number of hydrogen-bond donors (Lipinski definition) is 1. The Morgan fingerprint density at radius 2 is 1.79 bits per heavy atom. The van der Waals surface area contributed by atoms with Crippen LogP contribution in [0.5, 0.6) is 5.75 Å². The second kappa shape index (κ2) is 8.10. The van der Waals surface area contributed by atoms with Crippen molar-refractivity contribution in [2.45, 2.75) is 6.61 Å². The molecule has 126 valence electrons. The van der Waals surface area contributed by atoms with E-state index in [0.29, 0.717) is 11.3 Å². The lowest BCUT2D eigenvalue weighted by molar-refractivity contribution is -0.111. The zero-order valence-electron chi connectivity index (χ0n) is 13.4. The summed E-state index contributed by atoms with van der Waals surface area (Å²) < 4.78 is 29.2. The molecule has 4 nitrogen and oxygen atoms in total. The number of ether oxygens (including phenoxy) is 1. The molecule has 0 atom stereocenters. The van der Waals surface area contributed by atoms with Gasteiger partial charge in [0.25, 0.3) is 0 Å². The van der Waals surface area contributed by atoms with Crippen LogP contribution in [0.3, 0.4) is 0 Å². The lowest BCUT2D eigenvalue weighted by atomic mass is 10.2. The van der Waals surface area contributed by atoms with Crippen molar-refractivity contribution in [2.24, 2.45) is 0 Å². The summed E-state index contributed by atoms with van der Waals surface area (Å²) >= 11 is 0. The van der Waals surface area contributed by atoms with Crippen LogP contribution in [0.1, 0.15) is 5.56 Å². The summed E-state index contributed by atoms with van der Waals surface area (Å²) in [5.74, 6) is -0.346. The number of alkyl halides is 2. The Bertz CT molecular complexity index is 730. The van der Waals surface area contributed by atoms with Crippen LogP contribution in [0.2, 0.25) is 0 Å². The van der Waals surface area contributed by atoms with E-state index in [1.165, 1.54) is 18.2 Å². The van der Waals surface area contributed by atoms with Crippen LogP contribution in [-0.4, -0.2) is 26.6 Å². The van der Waals surface area contributed by atoms with Crippen LogP contribution in [0.15, 0.2) is 54.6 Å². The molecule has 1 amide bonds. The summed E-state index contributed by atoms with van der Waals surface area (Å²) in [6, 6.07) is 13.6. The fourth-order valence-corrected chi connectivity index (χ4v) is 2.13. The maximum Gasteiger partial charge on any atom is 0.387 e. The van der Waals surface area contributed by atoms with Crippen LogP contribution < -0.4 is 15.0 Å². The molecule has 0 bridgehead atoms. The molecule has 0 aromatic heterocycles. The topological polar surface area (TPSA) is 41.6 Å². The number of hydrogen-bond acceptors (Lipinski definition) is 3. The smallest absolute Gasteiger partial charge is 0.387 e. The molecule has 2 rings (SSSR count). The normalized spacial score (nSPS) is 10.9. The number of nitrogens with zero attached hydrogens (tertiary/aromatic N) is 1. The summed E-state index contributed by atoms with van der Waals surface area (Å²) in [4.78, 5) is 14.0. The number of carbonyl (C=O) groups is 1. The molecule has 0 saturated heterocycles. The van der Waals surface area contributed by atoms with Crippen molar-refractivity contribution in [3.63, 3.8) is 0 Å². The first-order valence-corrected chi connectivity index (χ1v) is 7.26. The van der Waals surface area contributed by atoms with Crippen LogP contribution >= 0.6 is 0 Å². The number of benzene rings is 2. The number of carbonyl (C=O) groups excluding carboxylic acids is 1. The number of amides is 1. The number of rotatable bonds is 6. The van der Waals surface area contributed by atoms with Crippen molar-refractivity contribution in [3.8, 4) is 5.75 Å². The fraction of sp³-hybridized carbons (Fsp3) is 0.167. The standard InChI is InChI=1S/C18H18F2N2O2/c1-22(2)15-9-5-4-8-14(15)21-17(23)12-11-13-7-3-6-10-16(13)24-18(19)20/h3-12,18H,1-2H3,(H,21,23)/b12-11+. The molecule has 24 heavy (non-hydrogen) atoms. The lowest BCUT2D eigenvalue weighted by Gasteiger charge is -2.17. The van der Waals surface area contributed by atoms with Crippen molar-refractivity contribution < 1.29 is 18.3 Å². The molecule has 0 saturated carbocycles. The molecule has 0 aliphatic heterocycles. The van der Waals surface area contributed by atoms with Crippen LogP contribution in [-0.2, 0) is 4.79 Å². The third-order valence-corrected chi connectivity index (χ3v) is 3.19. The maximum atomic E-state index is 12.4. The Morgan fingerprint density at radius 1 is 1.12 bits per heavy atom. The second-order valence-electron chi connectivity index (χ2n) is 5.15. The summed E-state index contributed by atoms with van der Waals surface area (Å²) in [6.45, 7) is -2.92. The maximum absolute atomic E-state index is 12.4. The highest BCUT2D eigenvalue weighted by Crippen LogP contribution is 2.24. The Labute approximate surface area is 139 Å². The largest absolute Gasteiger partial charge is 0.434 e. The monoisotopic (exact) mass is 332 g/mol. The van der Waals surface area contributed by atoms with E-state index in [1.54, 1.807) is 24.3 Å². The van der Waals surface area contributed by atoms with Gasteiger partial charge in [0.05, 0.1) is 11.4 Å². The molecule has 2 aromatic carbocycles. The van der Waals surface area contributed by atoms with Gasteiger partial charge in [0.15, 0.2) is 0 Å². The van der Waals surface area contributed by atoms with E-state index in [0.717, 1.165) is 5.69 Å². The number of anilines is 2. The van der Waals surface area contributed by atoms with E-state index < -0.39 is 6.61 Å². The van der Waals surface area contributed by atoms with Crippen molar-refractivity contribution in [3.05, 3.63) is 60.2 Å². The lowest BCUT2D eigenvalue weighted by Crippen LogP contribution is -2.14. The van der Waals surface area contributed by atoms with Gasteiger partial charge < -0.3 is 15.0 Å². The molecule has 0 fully saturated rings. The Balaban J connectivity index is 2.12. The van der Waals surface area contributed by atoms with E-state index in [2.05, 4.69) is 10.1 Å². The summed E-state index contributed by atoms with van der Waals surface area (Å²) in [5, 5.41) is 2.77. The number of halogens is 2. The van der Waals surface area contributed by atoms with Gasteiger partial charge in [-0.3, -0.25) is 4.79 Å². The highest BCUT2D eigenvalue weighted by atomic mass is 19.3. The van der Waals surface area contributed by atoms with Crippen molar-refractivity contribution >= 4 is 23.4 Å². The minimum Gasteiger partial charge on any atom is -0.434 e. The molecular weight excluding hydrogens is 314 g/mol. The minimum absolute atomic E-state index is 0.0187. The highest BCUT2D eigenvalue weighted by Gasteiger charge is 2.08. The van der Waals surface area contributed by atoms with Crippen molar-refractivity contribution in [1.29, 1.82) is 0 Å². The van der Waals surface area contributed by atoms with Crippen LogP contribution in [0.25, 0.3) is 6.08 Å². The van der Waals surface area contributed by atoms with E-state index in [9.17, 15) is 13.6 Å². The molecule has 0 heterocycles. The Morgan fingerprint density at radius 3 is 2.50 bits per heavy atom. The molecule has 0 spiro atoms. The van der Waals surface area contributed by atoms with Gasteiger partial charge in [-0.1, -0.05) is 30.3 Å². The molecule has 0 aliphatic rings. The number of para-hydroxylation sites is 3. The van der Waals surface area contributed by atoms with Gasteiger partial charge in [-0.2, -0.15) is 8.78 Å². The molecule has 2 aromatic rings. The predicted molar refractivity (Wildman–Crippen MR) is 91.5 cm³/mol. The average molecular weight is 332 g/mol. The highest BCUT2D eigenvalue weighted by molar-refractivity contribution is 6.03. The van der Waals surface area contributed by atoms with Gasteiger partial charge in [-0.25, -0.2) is 0 Å². The first kappa shape index (κ1) is 17.5. The van der Waals surface area contributed by atoms with E-state index in [-0.39, 0.29) is 11.7 Å².